The van der Waals surface area contributed by atoms with Crippen molar-refractivity contribution in [2.24, 2.45) is 0 Å². The Morgan fingerprint density at radius 3 is 2.81 bits per heavy atom. The van der Waals surface area contributed by atoms with E-state index in [0.717, 1.165) is 0 Å². The van der Waals surface area contributed by atoms with Crippen LogP contribution in [0.2, 0.25) is 0 Å². The van der Waals surface area contributed by atoms with Gasteiger partial charge in [0.15, 0.2) is 11.5 Å². The van der Waals surface area contributed by atoms with E-state index in [2.05, 4.69) is 5.32 Å². The summed E-state index contributed by atoms with van der Waals surface area (Å²) < 4.78 is 16.3. The van der Waals surface area contributed by atoms with Gasteiger partial charge in [-0.2, -0.15) is 0 Å². The van der Waals surface area contributed by atoms with Gasteiger partial charge in [0, 0.05) is 11.8 Å². The van der Waals surface area contributed by atoms with E-state index in [1.807, 2.05) is 30.3 Å². The fraction of sp³-hybridized carbons (Fsp3) is 0.188. The summed E-state index contributed by atoms with van der Waals surface area (Å²) in [7, 11) is 1.58. The van der Waals surface area contributed by atoms with Crippen LogP contribution in [0.5, 0.6) is 17.2 Å². The number of hydrogen-bond acceptors (Lipinski definition) is 4. The normalized spacial score (nSPS) is 16.1. The van der Waals surface area contributed by atoms with Crippen molar-refractivity contribution in [1.29, 1.82) is 0 Å². The highest BCUT2D eigenvalue weighted by molar-refractivity contribution is 5.94. The number of rotatable bonds is 3. The topological polar surface area (TPSA) is 56.8 Å². The molecule has 0 aliphatic carbocycles. The number of amides is 1. The molecule has 0 unspecified atom stereocenters. The lowest BCUT2D eigenvalue weighted by Gasteiger charge is -2.25. The van der Waals surface area contributed by atoms with Crippen LogP contribution < -0.4 is 19.5 Å². The maximum Gasteiger partial charge on any atom is 0.269 e. The lowest BCUT2D eigenvalue weighted by Crippen LogP contribution is -2.40. The largest absolute Gasteiger partial charge is 0.497 e. The van der Waals surface area contributed by atoms with Gasteiger partial charge in [0.1, 0.15) is 12.4 Å². The maximum atomic E-state index is 12.2. The Morgan fingerprint density at radius 1 is 1.19 bits per heavy atom. The SMILES string of the molecule is COc1cccc(NC(=O)[C@H]2COc3ccccc3O2)c1. The molecular weight excluding hydrogens is 270 g/mol. The van der Waals surface area contributed by atoms with E-state index in [0.29, 0.717) is 22.9 Å². The lowest BCUT2D eigenvalue weighted by molar-refractivity contribution is -0.125. The average Bonchev–Trinajstić information content (AvgIpc) is 2.54. The van der Waals surface area contributed by atoms with Gasteiger partial charge in [-0.1, -0.05) is 18.2 Å². The Kier molecular flexibility index (Phi) is 3.64. The second kappa shape index (κ2) is 5.75. The molecule has 1 aliphatic heterocycles. The molecular formula is C16H15NO4. The molecule has 2 aromatic carbocycles. The summed E-state index contributed by atoms with van der Waals surface area (Å²) in [4.78, 5) is 12.2. The van der Waals surface area contributed by atoms with Gasteiger partial charge in [-0.3, -0.25) is 4.79 Å². The molecule has 1 aliphatic rings. The van der Waals surface area contributed by atoms with Crippen molar-refractivity contribution in [3.05, 3.63) is 48.5 Å². The molecule has 5 nitrogen and oxygen atoms in total. The molecule has 108 valence electrons. The second-order valence-corrected chi connectivity index (χ2v) is 4.59. The van der Waals surface area contributed by atoms with Crippen LogP contribution in [0.4, 0.5) is 5.69 Å². The highest BCUT2D eigenvalue weighted by Crippen LogP contribution is 2.31. The Morgan fingerprint density at radius 2 is 2.00 bits per heavy atom. The summed E-state index contributed by atoms with van der Waals surface area (Å²) in [5.41, 5.74) is 0.654. The summed E-state index contributed by atoms with van der Waals surface area (Å²) in [5.74, 6) is 1.66. The smallest absolute Gasteiger partial charge is 0.269 e. The zero-order chi connectivity index (χ0) is 14.7. The molecule has 0 aromatic heterocycles. The number of ether oxygens (including phenoxy) is 3. The Labute approximate surface area is 122 Å². The fourth-order valence-electron chi connectivity index (χ4n) is 2.07. The third-order valence-electron chi connectivity index (χ3n) is 3.14. The van der Waals surface area contributed by atoms with Gasteiger partial charge in [0.2, 0.25) is 6.10 Å². The first-order valence-electron chi connectivity index (χ1n) is 6.59. The van der Waals surface area contributed by atoms with Crippen LogP contribution >= 0.6 is 0 Å². The molecule has 1 heterocycles. The van der Waals surface area contributed by atoms with E-state index in [1.54, 1.807) is 25.3 Å². The van der Waals surface area contributed by atoms with Crippen LogP contribution in [-0.2, 0) is 4.79 Å². The van der Waals surface area contributed by atoms with E-state index >= 15 is 0 Å². The number of benzene rings is 2. The quantitative estimate of drug-likeness (QED) is 0.941. The third kappa shape index (κ3) is 2.91. The molecule has 2 aromatic rings. The summed E-state index contributed by atoms with van der Waals surface area (Å²) in [6, 6.07) is 14.4. The predicted octanol–water partition coefficient (Wildman–Crippen LogP) is 2.47. The minimum Gasteiger partial charge on any atom is -0.497 e. The Bertz CT molecular complexity index is 656. The van der Waals surface area contributed by atoms with E-state index in [9.17, 15) is 4.79 Å². The molecule has 1 amide bonds. The van der Waals surface area contributed by atoms with E-state index < -0.39 is 6.10 Å². The van der Waals surface area contributed by atoms with E-state index in [1.165, 1.54) is 0 Å². The number of anilines is 1. The van der Waals surface area contributed by atoms with Crippen LogP contribution in [0.25, 0.3) is 0 Å². The molecule has 0 fully saturated rings. The third-order valence-corrected chi connectivity index (χ3v) is 3.14. The fourth-order valence-corrected chi connectivity index (χ4v) is 2.07. The zero-order valence-corrected chi connectivity index (χ0v) is 11.5. The van der Waals surface area contributed by atoms with Crippen LogP contribution in [0, 0.1) is 0 Å². The van der Waals surface area contributed by atoms with Gasteiger partial charge in [-0.15, -0.1) is 0 Å². The molecule has 21 heavy (non-hydrogen) atoms. The van der Waals surface area contributed by atoms with Crippen LogP contribution in [0.1, 0.15) is 0 Å². The zero-order valence-electron chi connectivity index (χ0n) is 11.5. The van der Waals surface area contributed by atoms with Gasteiger partial charge in [-0.25, -0.2) is 0 Å². The van der Waals surface area contributed by atoms with Crippen LogP contribution in [-0.4, -0.2) is 25.7 Å². The van der Waals surface area contributed by atoms with Crippen molar-refractivity contribution in [2.45, 2.75) is 6.10 Å². The van der Waals surface area contributed by atoms with Gasteiger partial charge in [0.05, 0.1) is 7.11 Å². The minimum absolute atomic E-state index is 0.187. The van der Waals surface area contributed by atoms with Crippen LogP contribution in [0.3, 0.4) is 0 Å². The molecule has 5 heteroatoms. The molecule has 0 bridgehead atoms. The molecule has 1 atom stereocenters. The lowest BCUT2D eigenvalue weighted by atomic mass is 10.2. The van der Waals surface area contributed by atoms with Crippen LogP contribution in [0.15, 0.2) is 48.5 Å². The summed E-state index contributed by atoms with van der Waals surface area (Å²) >= 11 is 0. The highest BCUT2D eigenvalue weighted by Gasteiger charge is 2.27. The molecule has 0 saturated heterocycles. The van der Waals surface area contributed by atoms with Crippen molar-refractivity contribution >= 4 is 11.6 Å². The van der Waals surface area contributed by atoms with Crippen molar-refractivity contribution in [1.82, 2.24) is 0 Å². The number of carbonyl (C=O) groups excluding carboxylic acids is 1. The Hall–Kier alpha value is -2.69. The molecule has 0 spiro atoms. The average molecular weight is 285 g/mol. The van der Waals surface area contributed by atoms with Gasteiger partial charge in [-0.05, 0) is 24.3 Å². The molecule has 0 saturated carbocycles. The predicted molar refractivity (Wildman–Crippen MR) is 78.0 cm³/mol. The number of fused-ring (bicyclic) bond motifs is 1. The minimum atomic E-state index is -0.675. The van der Waals surface area contributed by atoms with Crippen molar-refractivity contribution in [3.63, 3.8) is 0 Å². The van der Waals surface area contributed by atoms with Gasteiger partial charge >= 0.3 is 0 Å². The summed E-state index contributed by atoms with van der Waals surface area (Å²) in [5, 5.41) is 2.79. The van der Waals surface area contributed by atoms with Gasteiger partial charge < -0.3 is 19.5 Å². The maximum absolute atomic E-state index is 12.2. The van der Waals surface area contributed by atoms with Crippen molar-refractivity contribution in [3.8, 4) is 17.2 Å². The first-order chi connectivity index (χ1) is 10.3. The Balaban J connectivity index is 1.69. The summed E-state index contributed by atoms with van der Waals surface area (Å²) in [6.45, 7) is 0.187. The number of para-hydroxylation sites is 2. The molecule has 1 N–H and O–H groups in total. The molecule has 3 rings (SSSR count). The first-order valence-corrected chi connectivity index (χ1v) is 6.59. The standard InChI is InChI=1S/C16H15NO4/c1-19-12-6-4-5-11(9-12)17-16(18)15-10-20-13-7-2-3-8-14(13)21-15/h2-9,15H,10H2,1H3,(H,17,18)/t15-/m1/s1. The van der Waals surface area contributed by atoms with Crippen molar-refractivity contribution < 1.29 is 19.0 Å². The number of carbonyl (C=O) groups is 1. The van der Waals surface area contributed by atoms with Gasteiger partial charge in [0.25, 0.3) is 5.91 Å². The number of hydrogen-bond donors (Lipinski definition) is 1. The summed E-state index contributed by atoms with van der Waals surface area (Å²) in [6.07, 6.45) is -0.675. The van der Waals surface area contributed by atoms with E-state index in [-0.39, 0.29) is 12.5 Å². The monoisotopic (exact) mass is 285 g/mol. The second-order valence-electron chi connectivity index (χ2n) is 4.59. The first kappa shape index (κ1) is 13.3. The van der Waals surface area contributed by atoms with E-state index in [4.69, 9.17) is 14.2 Å². The number of methoxy groups -OCH3 is 1. The number of nitrogens with one attached hydrogen (secondary N) is 1. The highest BCUT2D eigenvalue weighted by atomic mass is 16.6. The molecule has 0 radical (unpaired) electrons. The van der Waals surface area contributed by atoms with Crippen molar-refractivity contribution in [2.75, 3.05) is 19.0 Å².